The summed E-state index contributed by atoms with van der Waals surface area (Å²) in [5.41, 5.74) is -2.02. The predicted octanol–water partition coefficient (Wildman–Crippen LogP) is 2.75. The van der Waals surface area contributed by atoms with E-state index in [2.05, 4.69) is 10.6 Å². The topological polar surface area (TPSA) is 41.1 Å². The van der Waals surface area contributed by atoms with Crippen LogP contribution in [0.5, 0.6) is 0 Å². The van der Waals surface area contributed by atoms with Crippen LogP contribution in [0.3, 0.4) is 0 Å². The maximum atomic E-state index is 13.7. The summed E-state index contributed by atoms with van der Waals surface area (Å²) in [6.45, 7) is 0.752. The van der Waals surface area contributed by atoms with Gasteiger partial charge in [0, 0.05) is 19.1 Å². The van der Waals surface area contributed by atoms with Gasteiger partial charge in [-0.25, -0.2) is 4.39 Å². The largest absolute Gasteiger partial charge is 0.419 e. The number of carbonyl (C=O) groups excluding carboxylic acids is 1. The molecule has 0 aliphatic heterocycles. The Morgan fingerprint density at radius 1 is 1.24 bits per heavy atom. The summed E-state index contributed by atoms with van der Waals surface area (Å²) in [4.78, 5) is 11.7. The first-order valence-corrected chi connectivity index (χ1v) is 6.27. The van der Waals surface area contributed by atoms with Crippen LogP contribution in [0.1, 0.15) is 28.8 Å². The molecule has 1 aliphatic carbocycles. The summed E-state index contributed by atoms with van der Waals surface area (Å²) < 4.78 is 51.2. The van der Waals surface area contributed by atoms with E-state index in [0.29, 0.717) is 18.7 Å². The zero-order valence-electron chi connectivity index (χ0n) is 11.0. The number of rotatable bonds is 5. The van der Waals surface area contributed by atoms with Gasteiger partial charge in [0.1, 0.15) is 5.82 Å². The molecule has 0 heterocycles. The van der Waals surface area contributed by atoms with Gasteiger partial charge in [-0.3, -0.25) is 4.79 Å². The lowest BCUT2D eigenvalue weighted by Crippen LogP contribution is -2.33. The van der Waals surface area contributed by atoms with Crippen molar-refractivity contribution in [1.29, 1.82) is 0 Å². The lowest BCUT2D eigenvalue weighted by Gasteiger charge is -2.11. The SMILES string of the molecule is Cl.O=C(NCCNC1CC1)c1cccc(C(F)(F)F)c1F. The highest BCUT2D eigenvalue weighted by atomic mass is 35.5. The Morgan fingerprint density at radius 3 is 2.48 bits per heavy atom. The van der Waals surface area contributed by atoms with E-state index in [1.165, 1.54) is 0 Å². The van der Waals surface area contributed by atoms with Gasteiger partial charge in [0.25, 0.3) is 5.91 Å². The molecule has 0 unspecified atom stereocenters. The quantitative estimate of drug-likeness (QED) is 0.645. The molecular weight excluding hydrogens is 312 g/mol. The molecule has 2 N–H and O–H groups in total. The summed E-state index contributed by atoms with van der Waals surface area (Å²) in [7, 11) is 0. The van der Waals surface area contributed by atoms with E-state index in [0.717, 1.165) is 25.0 Å². The molecule has 1 amide bonds. The molecule has 0 saturated heterocycles. The average molecular weight is 327 g/mol. The van der Waals surface area contributed by atoms with Crippen molar-refractivity contribution < 1.29 is 22.4 Å². The zero-order chi connectivity index (χ0) is 14.8. The highest BCUT2D eigenvalue weighted by Gasteiger charge is 2.35. The van der Waals surface area contributed by atoms with Gasteiger partial charge in [-0.1, -0.05) is 6.07 Å². The van der Waals surface area contributed by atoms with Gasteiger partial charge in [0.2, 0.25) is 0 Å². The second-order valence-corrected chi connectivity index (χ2v) is 4.65. The van der Waals surface area contributed by atoms with Crippen LogP contribution < -0.4 is 10.6 Å². The van der Waals surface area contributed by atoms with Crippen molar-refractivity contribution >= 4 is 18.3 Å². The highest BCUT2D eigenvalue weighted by Crippen LogP contribution is 2.32. The molecule has 0 atom stereocenters. The van der Waals surface area contributed by atoms with Crippen LogP contribution in [0.2, 0.25) is 0 Å². The van der Waals surface area contributed by atoms with E-state index in [9.17, 15) is 22.4 Å². The van der Waals surface area contributed by atoms with Crippen LogP contribution in [0.25, 0.3) is 0 Å². The molecule has 1 aromatic rings. The molecule has 118 valence electrons. The van der Waals surface area contributed by atoms with Crippen molar-refractivity contribution in [2.75, 3.05) is 13.1 Å². The summed E-state index contributed by atoms with van der Waals surface area (Å²) >= 11 is 0. The second kappa shape index (κ2) is 7.09. The molecule has 21 heavy (non-hydrogen) atoms. The molecule has 0 spiro atoms. The van der Waals surface area contributed by atoms with Gasteiger partial charge in [-0.2, -0.15) is 13.2 Å². The molecule has 0 aromatic heterocycles. The Hall–Kier alpha value is -1.34. The third-order valence-corrected chi connectivity index (χ3v) is 2.97. The summed E-state index contributed by atoms with van der Waals surface area (Å²) in [6.07, 6.45) is -2.62. The van der Waals surface area contributed by atoms with Gasteiger partial charge in [0.05, 0.1) is 11.1 Å². The predicted molar refractivity (Wildman–Crippen MR) is 72.0 cm³/mol. The Balaban J connectivity index is 0.00000220. The third kappa shape index (κ3) is 4.86. The fourth-order valence-electron chi connectivity index (χ4n) is 1.76. The first kappa shape index (κ1) is 17.7. The molecule has 1 saturated carbocycles. The molecule has 8 heteroatoms. The Kier molecular flexibility index (Phi) is 5.98. The average Bonchev–Trinajstić information content (AvgIpc) is 3.17. The minimum absolute atomic E-state index is 0. The second-order valence-electron chi connectivity index (χ2n) is 4.65. The summed E-state index contributed by atoms with van der Waals surface area (Å²) in [5.74, 6) is -2.38. The minimum atomic E-state index is -4.81. The van der Waals surface area contributed by atoms with Crippen LogP contribution in [0.4, 0.5) is 17.6 Å². The molecule has 3 nitrogen and oxygen atoms in total. The number of halogens is 5. The summed E-state index contributed by atoms with van der Waals surface area (Å²) in [6, 6.07) is 3.13. The zero-order valence-corrected chi connectivity index (χ0v) is 11.8. The number of hydrogen-bond donors (Lipinski definition) is 2. The van der Waals surface area contributed by atoms with Crippen LogP contribution in [0, 0.1) is 5.82 Å². The minimum Gasteiger partial charge on any atom is -0.351 e. The first-order valence-electron chi connectivity index (χ1n) is 6.27. The molecule has 2 rings (SSSR count). The Bertz CT molecular complexity index is 503. The van der Waals surface area contributed by atoms with E-state index in [1.54, 1.807) is 0 Å². The third-order valence-electron chi connectivity index (χ3n) is 2.97. The number of alkyl halides is 3. The molecule has 0 radical (unpaired) electrons. The Labute approximate surface area is 125 Å². The van der Waals surface area contributed by atoms with Crippen molar-refractivity contribution in [2.45, 2.75) is 25.1 Å². The van der Waals surface area contributed by atoms with Gasteiger partial charge < -0.3 is 10.6 Å². The molecule has 1 aliphatic rings. The normalized spacial score (nSPS) is 14.5. The van der Waals surface area contributed by atoms with E-state index in [4.69, 9.17) is 0 Å². The fourth-order valence-corrected chi connectivity index (χ4v) is 1.76. The maximum absolute atomic E-state index is 13.7. The Morgan fingerprint density at radius 2 is 1.90 bits per heavy atom. The van der Waals surface area contributed by atoms with Crippen molar-refractivity contribution in [1.82, 2.24) is 10.6 Å². The van der Waals surface area contributed by atoms with E-state index >= 15 is 0 Å². The van der Waals surface area contributed by atoms with E-state index in [1.807, 2.05) is 0 Å². The smallest absolute Gasteiger partial charge is 0.351 e. The number of carbonyl (C=O) groups is 1. The van der Waals surface area contributed by atoms with Crippen molar-refractivity contribution in [3.63, 3.8) is 0 Å². The number of hydrogen-bond acceptors (Lipinski definition) is 2. The van der Waals surface area contributed by atoms with Crippen LogP contribution in [-0.2, 0) is 6.18 Å². The van der Waals surface area contributed by atoms with Gasteiger partial charge >= 0.3 is 6.18 Å². The fraction of sp³-hybridized carbons (Fsp3) is 0.462. The summed E-state index contributed by atoms with van der Waals surface area (Å²) in [5, 5.41) is 5.52. The lowest BCUT2D eigenvalue weighted by atomic mass is 10.1. The number of benzene rings is 1. The number of amides is 1. The lowest BCUT2D eigenvalue weighted by molar-refractivity contribution is -0.140. The van der Waals surface area contributed by atoms with Crippen molar-refractivity contribution in [3.05, 3.63) is 35.1 Å². The molecule has 0 bridgehead atoms. The molecule has 1 fully saturated rings. The van der Waals surface area contributed by atoms with Crippen LogP contribution >= 0.6 is 12.4 Å². The monoisotopic (exact) mass is 326 g/mol. The van der Waals surface area contributed by atoms with E-state index < -0.39 is 29.0 Å². The first-order chi connectivity index (χ1) is 9.39. The van der Waals surface area contributed by atoms with Gasteiger partial charge in [0.15, 0.2) is 0 Å². The number of nitrogens with one attached hydrogen (secondary N) is 2. The van der Waals surface area contributed by atoms with Crippen LogP contribution in [0.15, 0.2) is 18.2 Å². The van der Waals surface area contributed by atoms with Gasteiger partial charge in [-0.15, -0.1) is 12.4 Å². The van der Waals surface area contributed by atoms with Crippen molar-refractivity contribution in [2.24, 2.45) is 0 Å². The van der Waals surface area contributed by atoms with Gasteiger partial charge in [-0.05, 0) is 25.0 Å². The molecular formula is C13H15ClF4N2O. The molecule has 1 aromatic carbocycles. The van der Waals surface area contributed by atoms with Crippen LogP contribution in [-0.4, -0.2) is 25.0 Å². The van der Waals surface area contributed by atoms with E-state index in [-0.39, 0.29) is 19.0 Å². The standard InChI is InChI=1S/C13H14F4N2O.ClH/c14-11-9(2-1-3-10(11)13(15,16)17)12(20)19-7-6-18-8-4-5-8;/h1-3,8,18H,4-7H2,(H,19,20);1H. The maximum Gasteiger partial charge on any atom is 0.419 e. The van der Waals surface area contributed by atoms with Crippen molar-refractivity contribution in [3.8, 4) is 0 Å². The highest BCUT2D eigenvalue weighted by molar-refractivity contribution is 5.94.